The van der Waals surface area contributed by atoms with Crippen LogP contribution in [-0.2, 0) is 19.2 Å². The third kappa shape index (κ3) is 5.11. The topological polar surface area (TPSA) is 215 Å². The zero-order chi connectivity index (χ0) is 29.6. The van der Waals surface area contributed by atoms with Crippen molar-refractivity contribution >= 4 is 75.3 Å². The van der Waals surface area contributed by atoms with E-state index in [0.717, 1.165) is 21.9 Å². The molecule has 0 spiro atoms. The molecule has 0 saturated carbocycles. The van der Waals surface area contributed by atoms with Gasteiger partial charge in [0, 0.05) is 28.2 Å². The number of amides is 3. The molecular formula is C22H23N9O7S3. The molecule has 4 aliphatic heterocycles. The molecule has 16 nitrogen and oxygen atoms in total. The lowest BCUT2D eigenvalue weighted by Crippen LogP contribution is -2.71. The molecule has 0 aliphatic carbocycles. The molecule has 0 bridgehead atoms. The number of nitrogen functional groups attached to an aromatic ring is 1. The summed E-state index contributed by atoms with van der Waals surface area (Å²) in [6, 6.07) is -0.986. The Morgan fingerprint density at radius 1 is 1.34 bits per heavy atom. The van der Waals surface area contributed by atoms with Crippen molar-refractivity contribution in [2.45, 2.75) is 25.3 Å². The Hall–Kier alpha value is -4.07. The third-order valence-corrected chi connectivity index (χ3v) is 9.59. The van der Waals surface area contributed by atoms with E-state index in [-0.39, 0.29) is 33.7 Å². The predicted octanol–water partition coefficient (Wildman–Crippen LogP) is 0.768. The Kier molecular flexibility index (Phi) is 7.68. The number of hydrazine groups is 2. The van der Waals surface area contributed by atoms with Crippen LogP contribution in [0.2, 0.25) is 0 Å². The van der Waals surface area contributed by atoms with Crippen molar-refractivity contribution in [2.75, 3.05) is 24.3 Å². The molecule has 5 heterocycles. The van der Waals surface area contributed by atoms with E-state index in [1.54, 1.807) is 6.92 Å². The first-order valence-electron chi connectivity index (χ1n) is 11.7. The smallest absolute Gasteiger partial charge is 0.427 e. The lowest BCUT2D eigenvalue weighted by Gasteiger charge is -2.49. The number of carbonyl (C=O) groups excluding carboxylic acids is 2. The van der Waals surface area contributed by atoms with E-state index in [0.29, 0.717) is 22.1 Å². The Bertz CT molecular complexity index is 1520. The van der Waals surface area contributed by atoms with Crippen LogP contribution in [0.3, 0.4) is 0 Å². The molecule has 1 aromatic heterocycles. The van der Waals surface area contributed by atoms with Crippen molar-refractivity contribution in [1.82, 2.24) is 30.8 Å². The molecule has 216 valence electrons. The molecule has 0 radical (unpaired) electrons. The standard InChI is InChI=1S/C22H23N9O7S3/c1-8-9(2)24-12-4-29(22(36)37)28-31(12)18(8)39-5-10-6-40-19-14(17(33)30(19)15(10)20(34)35)26-16(32)13(27-38-3)11-7-41-21(23)25-11/h4,7,14,19,28H,5-6H2,1-3H3,(H2,23,25)(H,26,32)(H,34,35)(H,36,37)/b27-13-/t14-,19-/m1/s1. The molecule has 3 amide bonds. The molecule has 0 aromatic carbocycles. The summed E-state index contributed by atoms with van der Waals surface area (Å²) >= 11 is 3.72. The Morgan fingerprint density at radius 2 is 2.10 bits per heavy atom. The number of thiazole rings is 1. The van der Waals surface area contributed by atoms with Crippen LogP contribution in [-0.4, -0.2) is 95.4 Å². The van der Waals surface area contributed by atoms with Crippen LogP contribution in [0.5, 0.6) is 0 Å². The zero-order valence-corrected chi connectivity index (χ0v) is 24.1. The van der Waals surface area contributed by atoms with E-state index in [1.165, 1.54) is 52.1 Å². The summed E-state index contributed by atoms with van der Waals surface area (Å²) in [6.45, 7) is 3.62. The van der Waals surface area contributed by atoms with Gasteiger partial charge >= 0.3 is 12.1 Å². The van der Waals surface area contributed by atoms with Crippen LogP contribution in [0.1, 0.15) is 19.5 Å². The number of nitrogens with zero attached hydrogens (tertiary/aromatic N) is 6. The number of β-lactam (4-membered cyclic amide) rings is 1. The van der Waals surface area contributed by atoms with E-state index < -0.39 is 35.3 Å². The lowest BCUT2D eigenvalue weighted by atomic mass is 10.0. The maximum absolute atomic E-state index is 13.1. The monoisotopic (exact) mass is 621 g/mol. The van der Waals surface area contributed by atoms with E-state index in [9.17, 15) is 29.4 Å². The Labute approximate surface area is 244 Å². The zero-order valence-electron chi connectivity index (χ0n) is 21.6. The van der Waals surface area contributed by atoms with E-state index >= 15 is 0 Å². The largest absolute Gasteiger partial charge is 0.477 e. The molecular weight excluding hydrogens is 598 g/mol. The average molecular weight is 622 g/mol. The summed E-state index contributed by atoms with van der Waals surface area (Å²) in [6.07, 6.45) is 0.114. The van der Waals surface area contributed by atoms with Gasteiger partial charge in [-0.3, -0.25) is 14.5 Å². The molecule has 2 atom stereocenters. The van der Waals surface area contributed by atoms with Gasteiger partial charge in [0.1, 0.15) is 29.9 Å². The lowest BCUT2D eigenvalue weighted by molar-refractivity contribution is -0.150. The number of fused-ring (bicyclic) bond motifs is 2. The maximum Gasteiger partial charge on any atom is 0.427 e. The highest BCUT2D eigenvalue weighted by Gasteiger charge is 2.54. The van der Waals surface area contributed by atoms with Crippen molar-refractivity contribution in [3.05, 3.63) is 45.0 Å². The number of nitrogens with two attached hydrogens (primary N) is 1. The molecule has 41 heavy (non-hydrogen) atoms. The van der Waals surface area contributed by atoms with Gasteiger partial charge in [-0.25, -0.2) is 24.6 Å². The number of aromatic nitrogens is 1. The van der Waals surface area contributed by atoms with E-state index in [2.05, 4.69) is 26.0 Å². The summed E-state index contributed by atoms with van der Waals surface area (Å²) in [5.41, 5.74) is 10.2. The van der Waals surface area contributed by atoms with Crippen molar-refractivity contribution in [2.24, 2.45) is 10.1 Å². The fraction of sp³-hybridized carbons (Fsp3) is 0.318. The van der Waals surface area contributed by atoms with Gasteiger partial charge in [-0.05, 0) is 19.4 Å². The number of allylic oxidation sites excluding steroid dienone is 1. The number of hydrogen-bond donors (Lipinski definition) is 5. The molecule has 1 fully saturated rings. The molecule has 1 aromatic rings. The third-order valence-electron chi connectivity index (χ3n) is 6.32. The number of carboxylic acids is 1. The van der Waals surface area contributed by atoms with Gasteiger partial charge < -0.3 is 26.1 Å². The summed E-state index contributed by atoms with van der Waals surface area (Å²) in [5.74, 6) is -1.70. The number of oxime groups is 1. The van der Waals surface area contributed by atoms with Gasteiger partial charge in [-0.15, -0.1) is 40.4 Å². The number of thioether (sulfide) groups is 2. The first-order chi connectivity index (χ1) is 19.5. The van der Waals surface area contributed by atoms with Crippen LogP contribution in [0.25, 0.3) is 0 Å². The van der Waals surface area contributed by atoms with Gasteiger partial charge in [0.2, 0.25) is 0 Å². The number of aliphatic carboxylic acids is 1. The van der Waals surface area contributed by atoms with Crippen molar-refractivity contribution in [3.8, 4) is 0 Å². The quantitative estimate of drug-likeness (QED) is 0.154. The Morgan fingerprint density at radius 3 is 2.73 bits per heavy atom. The second-order valence-electron chi connectivity index (χ2n) is 8.80. The van der Waals surface area contributed by atoms with Crippen LogP contribution in [0.15, 0.2) is 49.4 Å². The molecule has 0 unspecified atom stereocenters. The van der Waals surface area contributed by atoms with Gasteiger partial charge in [0.15, 0.2) is 16.7 Å². The summed E-state index contributed by atoms with van der Waals surface area (Å²) in [4.78, 5) is 64.2. The maximum atomic E-state index is 13.1. The molecule has 5 rings (SSSR count). The Balaban J connectivity index is 1.32. The SMILES string of the molecule is CO/N=C(\C(=O)N[C@@H]1C(=O)N2C(C(=O)O)=C(CSC3=C(C)C(C)=NC4=CN(C(=O)O)NN43)CS[C@H]12)c1csc(N)n1. The first kappa shape index (κ1) is 28.5. The minimum absolute atomic E-state index is 0.147. The van der Waals surface area contributed by atoms with Crippen LogP contribution >= 0.6 is 34.9 Å². The second-order valence-corrected chi connectivity index (χ2v) is 11.8. The number of aliphatic imine (C=N–C) groups is 1. The summed E-state index contributed by atoms with van der Waals surface area (Å²) in [7, 11) is 1.26. The van der Waals surface area contributed by atoms with E-state index in [4.69, 9.17) is 10.6 Å². The molecule has 1 saturated heterocycles. The molecule has 4 aliphatic rings. The van der Waals surface area contributed by atoms with Gasteiger partial charge in [0.05, 0.1) is 11.2 Å². The van der Waals surface area contributed by atoms with Crippen molar-refractivity contribution in [3.63, 3.8) is 0 Å². The summed E-state index contributed by atoms with van der Waals surface area (Å²) in [5, 5.41) is 29.9. The average Bonchev–Trinajstić information content (AvgIpc) is 3.56. The normalized spacial score (nSPS) is 22.2. The molecule has 19 heteroatoms. The highest BCUT2D eigenvalue weighted by Crippen LogP contribution is 2.43. The first-order valence-corrected chi connectivity index (χ1v) is 14.7. The van der Waals surface area contributed by atoms with Gasteiger partial charge in [0.25, 0.3) is 11.8 Å². The van der Waals surface area contributed by atoms with Gasteiger partial charge in [-0.2, -0.15) is 5.01 Å². The molecule has 6 N–H and O–H groups in total. The number of nitrogens with one attached hydrogen (secondary N) is 2. The minimum Gasteiger partial charge on any atom is -0.477 e. The van der Waals surface area contributed by atoms with Crippen molar-refractivity contribution < 1.29 is 34.2 Å². The van der Waals surface area contributed by atoms with Gasteiger partial charge in [-0.1, -0.05) is 5.16 Å². The number of hydrogen-bond acceptors (Lipinski definition) is 14. The number of anilines is 1. The predicted molar refractivity (Wildman–Crippen MR) is 151 cm³/mol. The number of carboxylic acid groups (broad SMARTS) is 2. The van der Waals surface area contributed by atoms with Crippen molar-refractivity contribution in [1.29, 1.82) is 0 Å². The van der Waals surface area contributed by atoms with Crippen LogP contribution in [0, 0.1) is 0 Å². The fourth-order valence-corrected chi connectivity index (χ4v) is 7.49. The van der Waals surface area contributed by atoms with E-state index in [1.807, 2.05) is 6.92 Å². The van der Waals surface area contributed by atoms with Crippen LogP contribution in [0.4, 0.5) is 9.93 Å². The minimum atomic E-state index is -1.27. The highest BCUT2D eigenvalue weighted by molar-refractivity contribution is 8.03. The second kappa shape index (κ2) is 11.1. The fourth-order valence-electron chi connectivity index (χ4n) is 4.29. The number of rotatable bonds is 8. The summed E-state index contributed by atoms with van der Waals surface area (Å²) < 4.78 is 0. The van der Waals surface area contributed by atoms with Crippen LogP contribution < -0.4 is 16.6 Å². The number of carbonyl (C=O) groups is 4. The highest BCUT2D eigenvalue weighted by atomic mass is 32.2.